The number of nitrogens with zero attached hydrogens (tertiary/aromatic N) is 3. The first-order valence-corrected chi connectivity index (χ1v) is 7.92. The molecular weight excluding hydrogens is 292 g/mol. The van der Waals surface area contributed by atoms with Gasteiger partial charge < -0.3 is 5.73 Å². The van der Waals surface area contributed by atoms with Gasteiger partial charge in [0.15, 0.2) is 0 Å². The number of nitrogen functional groups attached to an aromatic ring is 1. The van der Waals surface area contributed by atoms with Gasteiger partial charge in [-0.2, -0.15) is 0 Å². The van der Waals surface area contributed by atoms with E-state index in [2.05, 4.69) is 41.2 Å². The van der Waals surface area contributed by atoms with E-state index in [0.29, 0.717) is 5.13 Å². The molecular formula is C17H18N4S. The number of thiazole rings is 1. The van der Waals surface area contributed by atoms with Gasteiger partial charge in [0.1, 0.15) is 0 Å². The van der Waals surface area contributed by atoms with E-state index < -0.39 is 0 Å². The van der Waals surface area contributed by atoms with Crippen molar-refractivity contribution in [2.75, 3.05) is 5.73 Å². The maximum atomic E-state index is 5.89. The molecule has 0 fully saturated rings. The highest BCUT2D eigenvalue weighted by Gasteiger charge is 2.06. The first-order chi connectivity index (χ1) is 10.4. The quantitative estimate of drug-likeness (QED) is 0.500. The van der Waals surface area contributed by atoms with Crippen LogP contribution < -0.4 is 5.73 Å². The van der Waals surface area contributed by atoms with Gasteiger partial charge in [-0.25, -0.2) is 4.98 Å². The van der Waals surface area contributed by atoms with Crippen LogP contribution in [0.3, 0.4) is 0 Å². The summed E-state index contributed by atoms with van der Waals surface area (Å²) in [5, 5.41) is 9.31. The van der Waals surface area contributed by atoms with Crippen molar-refractivity contribution in [2.45, 2.75) is 27.7 Å². The summed E-state index contributed by atoms with van der Waals surface area (Å²) in [6.07, 6.45) is 0. The Morgan fingerprint density at radius 1 is 0.864 bits per heavy atom. The molecule has 0 aliphatic carbocycles. The molecule has 0 unspecified atom stereocenters. The number of nitrogens with two attached hydrogens (primary N) is 1. The number of azo groups is 1. The van der Waals surface area contributed by atoms with E-state index in [4.69, 9.17) is 5.73 Å². The van der Waals surface area contributed by atoms with Crippen LogP contribution in [0.15, 0.2) is 34.5 Å². The molecule has 112 valence electrons. The molecule has 0 radical (unpaired) electrons. The molecule has 0 saturated heterocycles. The number of hydrogen-bond acceptors (Lipinski definition) is 5. The lowest BCUT2D eigenvalue weighted by atomic mass is 10.1. The van der Waals surface area contributed by atoms with Crippen LogP contribution in [0.5, 0.6) is 0 Å². The minimum Gasteiger partial charge on any atom is -0.399 e. The van der Waals surface area contributed by atoms with Crippen LogP contribution in [0.25, 0.3) is 10.2 Å². The van der Waals surface area contributed by atoms with Crippen molar-refractivity contribution in [3.05, 3.63) is 46.5 Å². The van der Waals surface area contributed by atoms with E-state index in [1.165, 1.54) is 11.1 Å². The Morgan fingerprint density at radius 2 is 1.59 bits per heavy atom. The van der Waals surface area contributed by atoms with Crippen LogP contribution in [-0.2, 0) is 0 Å². The molecule has 0 bridgehead atoms. The van der Waals surface area contributed by atoms with Gasteiger partial charge in [0.25, 0.3) is 0 Å². The Bertz CT molecular complexity index is 854. The predicted molar refractivity (Wildman–Crippen MR) is 93.6 cm³/mol. The Kier molecular flexibility index (Phi) is 3.66. The number of rotatable bonds is 2. The van der Waals surface area contributed by atoms with Crippen LogP contribution in [0.4, 0.5) is 16.5 Å². The van der Waals surface area contributed by atoms with Crippen molar-refractivity contribution in [3.8, 4) is 0 Å². The zero-order valence-corrected chi connectivity index (χ0v) is 14.0. The second kappa shape index (κ2) is 5.50. The van der Waals surface area contributed by atoms with E-state index in [9.17, 15) is 0 Å². The molecule has 1 aromatic heterocycles. The number of aromatic nitrogens is 1. The van der Waals surface area contributed by atoms with Crippen molar-refractivity contribution in [2.24, 2.45) is 10.2 Å². The van der Waals surface area contributed by atoms with Crippen molar-refractivity contribution < 1.29 is 0 Å². The van der Waals surface area contributed by atoms with Gasteiger partial charge in [0.2, 0.25) is 5.13 Å². The maximum absolute atomic E-state index is 5.89. The van der Waals surface area contributed by atoms with Crippen LogP contribution in [0.2, 0.25) is 0 Å². The maximum Gasteiger partial charge on any atom is 0.231 e. The number of hydrogen-bond donors (Lipinski definition) is 1. The molecule has 0 aliphatic rings. The number of benzene rings is 2. The fourth-order valence-electron chi connectivity index (χ4n) is 2.24. The van der Waals surface area contributed by atoms with Gasteiger partial charge in [0, 0.05) is 5.69 Å². The summed E-state index contributed by atoms with van der Waals surface area (Å²) in [6.45, 7) is 8.15. The summed E-state index contributed by atoms with van der Waals surface area (Å²) < 4.78 is 1.14. The largest absolute Gasteiger partial charge is 0.399 e. The first-order valence-electron chi connectivity index (χ1n) is 7.10. The van der Waals surface area contributed by atoms with E-state index in [0.717, 1.165) is 32.7 Å². The summed E-state index contributed by atoms with van der Waals surface area (Å²) in [7, 11) is 0. The van der Waals surface area contributed by atoms with Gasteiger partial charge in [-0.1, -0.05) is 11.3 Å². The monoisotopic (exact) mass is 310 g/mol. The van der Waals surface area contributed by atoms with E-state index in [1.807, 2.05) is 26.0 Å². The number of fused-ring (bicyclic) bond motifs is 1. The summed E-state index contributed by atoms with van der Waals surface area (Å²) in [5.41, 5.74) is 13.0. The van der Waals surface area contributed by atoms with E-state index in [1.54, 1.807) is 11.3 Å². The molecule has 0 spiro atoms. The van der Waals surface area contributed by atoms with Gasteiger partial charge in [-0.15, -0.1) is 10.2 Å². The third-order valence-electron chi connectivity index (χ3n) is 3.82. The van der Waals surface area contributed by atoms with E-state index in [-0.39, 0.29) is 0 Å². The Labute approximate surface area is 133 Å². The first kappa shape index (κ1) is 14.7. The summed E-state index contributed by atoms with van der Waals surface area (Å²) in [4.78, 5) is 4.53. The molecule has 1 heterocycles. The van der Waals surface area contributed by atoms with Gasteiger partial charge in [-0.05, 0) is 74.2 Å². The zero-order valence-electron chi connectivity index (χ0n) is 13.1. The summed E-state index contributed by atoms with van der Waals surface area (Å²) in [5.74, 6) is 0. The molecule has 0 amide bonds. The molecule has 0 atom stereocenters. The molecule has 4 nitrogen and oxygen atoms in total. The fourth-order valence-corrected chi connectivity index (χ4v) is 3.11. The standard InChI is InChI=1S/C17H18N4S/c1-9-6-15-16(8-10(9)2)22-17(19-15)21-20-14-7-11(3)13(18)5-12(14)4/h5-8H,18H2,1-4H3. The van der Waals surface area contributed by atoms with Crippen LogP contribution >= 0.6 is 11.3 Å². The molecule has 3 rings (SSSR count). The van der Waals surface area contributed by atoms with Crippen LogP contribution in [-0.4, -0.2) is 4.98 Å². The topological polar surface area (TPSA) is 63.6 Å². The third-order valence-corrected chi connectivity index (χ3v) is 4.72. The zero-order chi connectivity index (χ0) is 15.9. The Hall–Kier alpha value is -2.27. The predicted octanol–water partition coefficient (Wildman–Crippen LogP) is 5.53. The second-order valence-electron chi connectivity index (χ2n) is 5.60. The van der Waals surface area contributed by atoms with Gasteiger partial charge in [-0.3, -0.25) is 0 Å². The van der Waals surface area contributed by atoms with Crippen LogP contribution in [0, 0.1) is 27.7 Å². The fraction of sp³-hybridized carbons (Fsp3) is 0.235. The highest BCUT2D eigenvalue weighted by molar-refractivity contribution is 7.21. The molecule has 5 heteroatoms. The van der Waals surface area contributed by atoms with Crippen molar-refractivity contribution in [1.82, 2.24) is 4.98 Å². The Morgan fingerprint density at radius 3 is 2.36 bits per heavy atom. The molecule has 2 N–H and O–H groups in total. The lowest BCUT2D eigenvalue weighted by Gasteiger charge is -2.03. The lowest BCUT2D eigenvalue weighted by Crippen LogP contribution is -1.89. The highest BCUT2D eigenvalue weighted by Crippen LogP contribution is 2.32. The smallest absolute Gasteiger partial charge is 0.231 e. The number of aryl methyl sites for hydroxylation is 4. The minimum absolute atomic E-state index is 0.675. The normalized spacial score (nSPS) is 11.6. The molecule has 2 aromatic carbocycles. The van der Waals surface area contributed by atoms with Crippen molar-refractivity contribution >= 4 is 38.1 Å². The lowest BCUT2D eigenvalue weighted by molar-refractivity contribution is 1.18. The molecule has 22 heavy (non-hydrogen) atoms. The summed E-state index contributed by atoms with van der Waals surface area (Å²) >= 11 is 1.56. The Balaban J connectivity index is 1.97. The molecule has 0 saturated carbocycles. The average Bonchev–Trinajstić information content (AvgIpc) is 2.84. The molecule has 0 aliphatic heterocycles. The molecule has 3 aromatic rings. The second-order valence-corrected chi connectivity index (χ2v) is 6.61. The van der Waals surface area contributed by atoms with E-state index >= 15 is 0 Å². The minimum atomic E-state index is 0.675. The highest BCUT2D eigenvalue weighted by atomic mass is 32.1. The van der Waals surface area contributed by atoms with Gasteiger partial charge in [0.05, 0.1) is 15.9 Å². The number of anilines is 1. The van der Waals surface area contributed by atoms with Crippen molar-refractivity contribution in [3.63, 3.8) is 0 Å². The van der Waals surface area contributed by atoms with Gasteiger partial charge >= 0.3 is 0 Å². The average molecular weight is 310 g/mol. The summed E-state index contributed by atoms with van der Waals surface area (Å²) in [6, 6.07) is 8.13. The SMILES string of the molecule is Cc1cc2nc(N=Nc3cc(C)c(N)cc3C)sc2cc1C. The van der Waals surface area contributed by atoms with Crippen LogP contribution in [0.1, 0.15) is 22.3 Å². The third kappa shape index (κ3) is 2.72. The van der Waals surface area contributed by atoms with Crippen molar-refractivity contribution in [1.29, 1.82) is 0 Å².